The first-order valence-electron chi connectivity index (χ1n) is 9.19. The summed E-state index contributed by atoms with van der Waals surface area (Å²) in [5.74, 6) is 0.0849. The zero-order valence-corrected chi connectivity index (χ0v) is 15.3. The van der Waals surface area contributed by atoms with Gasteiger partial charge in [-0.2, -0.15) is 0 Å². The van der Waals surface area contributed by atoms with Gasteiger partial charge in [-0.25, -0.2) is 9.37 Å². The molecule has 7 heteroatoms. The molecule has 0 radical (unpaired) electrons. The fourth-order valence-electron chi connectivity index (χ4n) is 3.26. The fourth-order valence-corrected chi connectivity index (χ4v) is 3.26. The van der Waals surface area contributed by atoms with E-state index in [-0.39, 0.29) is 11.5 Å². The minimum Gasteiger partial charge on any atom is -0.472 e. The van der Waals surface area contributed by atoms with Crippen molar-refractivity contribution in [3.8, 4) is 0 Å². The van der Waals surface area contributed by atoms with Crippen LogP contribution in [0.3, 0.4) is 0 Å². The summed E-state index contributed by atoms with van der Waals surface area (Å²) in [6.45, 7) is 4.57. The van der Waals surface area contributed by atoms with Crippen molar-refractivity contribution in [3.63, 3.8) is 0 Å². The molecule has 2 aromatic heterocycles. The molecule has 1 aliphatic rings. The van der Waals surface area contributed by atoms with Crippen LogP contribution in [0.5, 0.6) is 0 Å². The minimum atomic E-state index is -0.437. The SMILES string of the molecule is O=C(Nc1ccc(N2CCN(Cc3ccoc3)CC2)nc1)c1cccc(F)c1. The minimum absolute atomic E-state index is 0.276. The van der Waals surface area contributed by atoms with E-state index in [1.807, 2.05) is 18.2 Å². The van der Waals surface area contributed by atoms with Crippen LogP contribution in [0, 0.1) is 5.82 Å². The monoisotopic (exact) mass is 380 g/mol. The van der Waals surface area contributed by atoms with Gasteiger partial charge in [-0.1, -0.05) is 6.07 Å². The van der Waals surface area contributed by atoms with Crippen LogP contribution in [0.4, 0.5) is 15.9 Å². The zero-order valence-electron chi connectivity index (χ0n) is 15.3. The van der Waals surface area contributed by atoms with Crippen molar-refractivity contribution < 1.29 is 13.6 Å². The van der Waals surface area contributed by atoms with Crippen LogP contribution in [0.1, 0.15) is 15.9 Å². The summed E-state index contributed by atoms with van der Waals surface area (Å²) in [4.78, 5) is 21.3. The number of carbonyl (C=O) groups excluding carboxylic acids is 1. The predicted molar refractivity (Wildman–Crippen MR) is 105 cm³/mol. The van der Waals surface area contributed by atoms with Gasteiger partial charge >= 0.3 is 0 Å². The van der Waals surface area contributed by atoms with Crippen LogP contribution in [0.15, 0.2) is 65.6 Å². The molecule has 0 bridgehead atoms. The molecule has 1 amide bonds. The third kappa shape index (κ3) is 4.37. The second-order valence-electron chi connectivity index (χ2n) is 6.76. The molecule has 1 aromatic carbocycles. The lowest BCUT2D eigenvalue weighted by atomic mass is 10.2. The van der Waals surface area contributed by atoms with Crippen LogP contribution in [0.25, 0.3) is 0 Å². The average molecular weight is 380 g/mol. The molecule has 28 heavy (non-hydrogen) atoms. The lowest BCUT2D eigenvalue weighted by molar-refractivity contribution is 0.102. The van der Waals surface area contributed by atoms with E-state index in [0.717, 1.165) is 38.5 Å². The fraction of sp³-hybridized carbons (Fsp3) is 0.238. The van der Waals surface area contributed by atoms with E-state index >= 15 is 0 Å². The Morgan fingerprint density at radius 1 is 1.14 bits per heavy atom. The first kappa shape index (κ1) is 18.2. The quantitative estimate of drug-likeness (QED) is 0.735. The Morgan fingerprint density at radius 2 is 2.00 bits per heavy atom. The molecule has 6 nitrogen and oxygen atoms in total. The second kappa shape index (κ2) is 8.22. The molecular weight excluding hydrogens is 359 g/mol. The highest BCUT2D eigenvalue weighted by Crippen LogP contribution is 2.18. The van der Waals surface area contributed by atoms with Crippen molar-refractivity contribution in [1.29, 1.82) is 0 Å². The number of furan rings is 1. The van der Waals surface area contributed by atoms with Gasteiger partial charge in [-0.3, -0.25) is 9.69 Å². The van der Waals surface area contributed by atoms with Gasteiger partial charge in [0.25, 0.3) is 5.91 Å². The summed E-state index contributed by atoms with van der Waals surface area (Å²) in [6.07, 6.45) is 5.11. The highest BCUT2D eigenvalue weighted by Gasteiger charge is 2.18. The number of pyridine rings is 1. The largest absolute Gasteiger partial charge is 0.472 e. The molecule has 3 aromatic rings. The van der Waals surface area contributed by atoms with Gasteiger partial charge in [-0.15, -0.1) is 0 Å². The molecule has 1 fully saturated rings. The molecular formula is C21H21FN4O2. The summed E-state index contributed by atoms with van der Waals surface area (Å²) in [5, 5.41) is 2.74. The Kier molecular flexibility index (Phi) is 5.34. The number of amides is 1. The lowest BCUT2D eigenvalue weighted by Gasteiger charge is -2.35. The molecule has 0 aliphatic carbocycles. The number of hydrogen-bond acceptors (Lipinski definition) is 5. The average Bonchev–Trinajstić information content (AvgIpc) is 3.22. The number of nitrogens with one attached hydrogen (secondary N) is 1. The summed E-state index contributed by atoms with van der Waals surface area (Å²) in [6, 6.07) is 11.3. The lowest BCUT2D eigenvalue weighted by Crippen LogP contribution is -2.46. The number of carbonyl (C=O) groups is 1. The molecule has 0 saturated carbocycles. The maximum atomic E-state index is 13.3. The van der Waals surface area contributed by atoms with E-state index in [2.05, 4.69) is 20.1 Å². The van der Waals surface area contributed by atoms with Crippen molar-refractivity contribution in [3.05, 3.63) is 78.1 Å². The van der Waals surface area contributed by atoms with Crippen molar-refractivity contribution in [2.24, 2.45) is 0 Å². The van der Waals surface area contributed by atoms with Crippen molar-refractivity contribution in [2.75, 3.05) is 36.4 Å². The zero-order chi connectivity index (χ0) is 19.3. The summed E-state index contributed by atoms with van der Waals surface area (Å²) in [7, 11) is 0. The first-order valence-corrected chi connectivity index (χ1v) is 9.19. The van der Waals surface area contributed by atoms with E-state index in [1.54, 1.807) is 24.8 Å². The third-order valence-electron chi connectivity index (χ3n) is 4.78. The van der Waals surface area contributed by atoms with Crippen LogP contribution in [-0.4, -0.2) is 42.0 Å². The molecule has 0 atom stereocenters. The van der Waals surface area contributed by atoms with Crippen molar-refractivity contribution >= 4 is 17.4 Å². The Labute approximate surface area is 162 Å². The number of piperazine rings is 1. The van der Waals surface area contributed by atoms with Crippen LogP contribution < -0.4 is 10.2 Å². The summed E-state index contributed by atoms with van der Waals surface area (Å²) in [5.41, 5.74) is 2.04. The van der Waals surface area contributed by atoms with Gasteiger partial charge in [0, 0.05) is 43.9 Å². The van der Waals surface area contributed by atoms with Gasteiger partial charge in [0.05, 0.1) is 24.4 Å². The smallest absolute Gasteiger partial charge is 0.255 e. The Balaban J connectivity index is 1.32. The Hall–Kier alpha value is -3.19. The van der Waals surface area contributed by atoms with E-state index in [1.165, 1.54) is 23.8 Å². The maximum absolute atomic E-state index is 13.3. The van der Waals surface area contributed by atoms with E-state index < -0.39 is 5.82 Å². The topological polar surface area (TPSA) is 61.6 Å². The Bertz CT molecular complexity index is 920. The maximum Gasteiger partial charge on any atom is 0.255 e. The van der Waals surface area contributed by atoms with Gasteiger partial charge < -0.3 is 14.6 Å². The van der Waals surface area contributed by atoms with E-state index in [4.69, 9.17) is 4.42 Å². The van der Waals surface area contributed by atoms with E-state index in [0.29, 0.717) is 5.69 Å². The highest BCUT2D eigenvalue weighted by atomic mass is 19.1. The number of benzene rings is 1. The van der Waals surface area contributed by atoms with Crippen molar-refractivity contribution in [2.45, 2.75) is 6.54 Å². The van der Waals surface area contributed by atoms with Crippen LogP contribution in [0.2, 0.25) is 0 Å². The molecule has 3 heterocycles. The van der Waals surface area contributed by atoms with Crippen LogP contribution >= 0.6 is 0 Å². The third-order valence-corrected chi connectivity index (χ3v) is 4.78. The van der Waals surface area contributed by atoms with E-state index in [9.17, 15) is 9.18 Å². The first-order chi connectivity index (χ1) is 13.7. The number of aromatic nitrogens is 1. The number of halogens is 1. The number of nitrogens with zero attached hydrogens (tertiary/aromatic N) is 3. The van der Waals surface area contributed by atoms with Gasteiger partial charge in [0.1, 0.15) is 11.6 Å². The van der Waals surface area contributed by atoms with Gasteiger partial charge in [0.15, 0.2) is 0 Å². The van der Waals surface area contributed by atoms with Gasteiger partial charge in [-0.05, 0) is 36.4 Å². The number of rotatable bonds is 5. The summed E-state index contributed by atoms with van der Waals surface area (Å²) >= 11 is 0. The number of anilines is 2. The van der Waals surface area contributed by atoms with Crippen molar-refractivity contribution in [1.82, 2.24) is 9.88 Å². The van der Waals surface area contributed by atoms with Crippen LogP contribution in [-0.2, 0) is 6.54 Å². The normalized spacial score (nSPS) is 14.8. The number of hydrogen-bond donors (Lipinski definition) is 1. The second-order valence-corrected chi connectivity index (χ2v) is 6.76. The molecule has 0 spiro atoms. The molecule has 1 N–H and O–H groups in total. The summed E-state index contributed by atoms with van der Waals surface area (Å²) < 4.78 is 18.4. The predicted octanol–water partition coefficient (Wildman–Crippen LogP) is 3.39. The molecule has 1 aliphatic heterocycles. The molecule has 0 unspecified atom stereocenters. The molecule has 4 rings (SSSR count). The molecule has 144 valence electrons. The van der Waals surface area contributed by atoms with Gasteiger partial charge in [0.2, 0.25) is 0 Å². The Morgan fingerprint density at radius 3 is 2.68 bits per heavy atom. The highest BCUT2D eigenvalue weighted by molar-refractivity contribution is 6.04. The standard InChI is InChI=1S/C21H21FN4O2/c22-18-3-1-2-17(12-18)21(27)24-19-4-5-20(23-13-19)26-9-7-25(8-10-26)14-16-6-11-28-15-16/h1-6,11-13,15H,7-10,14H2,(H,24,27). The molecule has 1 saturated heterocycles.